The Labute approximate surface area is 49.5 Å². The van der Waals surface area contributed by atoms with Gasteiger partial charge in [0.15, 0.2) is 0 Å². The number of hydrogen-bond acceptors (Lipinski definition) is 2. The van der Waals surface area contributed by atoms with Crippen molar-refractivity contribution in [3.63, 3.8) is 0 Å². The lowest BCUT2D eigenvalue weighted by Crippen LogP contribution is -1.94. The van der Waals surface area contributed by atoms with Crippen molar-refractivity contribution in [1.82, 2.24) is 0 Å². The highest BCUT2D eigenvalue weighted by Crippen LogP contribution is 2.27. The maximum atomic E-state index is 8.41. The second kappa shape index (κ2) is 2.46. The summed E-state index contributed by atoms with van der Waals surface area (Å²) in [6, 6.07) is 0. The van der Waals surface area contributed by atoms with Gasteiger partial charge < -0.3 is 9.84 Å². The van der Waals surface area contributed by atoms with E-state index in [2.05, 4.69) is 6.92 Å². The van der Waals surface area contributed by atoms with Crippen molar-refractivity contribution in [2.24, 2.45) is 0 Å². The van der Waals surface area contributed by atoms with Crippen LogP contribution in [0.1, 0.15) is 19.8 Å². The highest BCUT2D eigenvalue weighted by atomic mass is 16.6. The number of aliphatic hydroxyl groups excluding tert-OH is 1. The summed E-state index contributed by atoms with van der Waals surface area (Å²) < 4.78 is 5.15. The molecular weight excluding hydrogens is 104 g/mol. The molecular formula is C6H12O2. The van der Waals surface area contributed by atoms with Gasteiger partial charge in [0.25, 0.3) is 0 Å². The summed E-state index contributed by atoms with van der Waals surface area (Å²) in [5.41, 5.74) is 0. The van der Waals surface area contributed by atoms with Crippen molar-refractivity contribution >= 4 is 0 Å². The van der Waals surface area contributed by atoms with Crippen LogP contribution in [0, 0.1) is 0 Å². The highest BCUT2D eigenvalue weighted by molar-refractivity contribution is 4.82. The molecule has 1 N–H and O–H groups in total. The molecule has 0 unspecified atom stereocenters. The Morgan fingerprint density at radius 1 is 1.50 bits per heavy atom. The average molecular weight is 116 g/mol. The fourth-order valence-electron chi connectivity index (χ4n) is 0.919. The molecule has 8 heavy (non-hydrogen) atoms. The quantitative estimate of drug-likeness (QED) is 0.546. The SMILES string of the molecule is CC[C@@H]1O[C@H]1CCO. The first-order valence-electron chi connectivity index (χ1n) is 3.14. The van der Waals surface area contributed by atoms with E-state index in [0.29, 0.717) is 12.2 Å². The molecule has 1 saturated heterocycles. The van der Waals surface area contributed by atoms with E-state index in [1.165, 1.54) is 0 Å². The van der Waals surface area contributed by atoms with E-state index < -0.39 is 0 Å². The van der Waals surface area contributed by atoms with E-state index in [-0.39, 0.29) is 6.61 Å². The molecule has 1 fully saturated rings. The van der Waals surface area contributed by atoms with E-state index in [1.54, 1.807) is 0 Å². The molecule has 0 aromatic heterocycles. The van der Waals surface area contributed by atoms with E-state index in [1.807, 2.05) is 0 Å². The molecule has 1 heterocycles. The molecule has 0 aromatic carbocycles. The van der Waals surface area contributed by atoms with Crippen LogP contribution in [0.2, 0.25) is 0 Å². The molecule has 0 aliphatic carbocycles. The van der Waals surface area contributed by atoms with Crippen molar-refractivity contribution in [2.45, 2.75) is 32.0 Å². The van der Waals surface area contributed by atoms with Gasteiger partial charge in [-0.25, -0.2) is 0 Å². The van der Waals surface area contributed by atoms with Gasteiger partial charge >= 0.3 is 0 Å². The minimum absolute atomic E-state index is 0.265. The molecule has 2 atom stereocenters. The second-order valence-electron chi connectivity index (χ2n) is 2.13. The molecule has 48 valence electrons. The van der Waals surface area contributed by atoms with Crippen LogP contribution in [-0.2, 0) is 4.74 Å². The predicted molar refractivity (Wildman–Crippen MR) is 30.7 cm³/mol. The van der Waals surface area contributed by atoms with Crippen LogP contribution in [0.15, 0.2) is 0 Å². The first-order chi connectivity index (χ1) is 3.88. The van der Waals surface area contributed by atoms with Gasteiger partial charge in [0.1, 0.15) is 0 Å². The Morgan fingerprint density at radius 3 is 2.62 bits per heavy atom. The van der Waals surface area contributed by atoms with Gasteiger partial charge in [-0.2, -0.15) is 0 Å². The Kier molecular flexibility index (Phi) is 1.86. The molecule has 1 aliphatic heterocycles. The number of hydrogen-bond donors (Lipinski definition) is 1. The minimum Gasteiger partial charge on any atom is -0.396 e. The lowest BCUT2D eigenvalue weighted by atomic mass is 10.2. The van der Waals surface area contributed by atoms with Crippen LogP contribution < -0.4 is 0 Å². The smallest absolute Gasteiger partial charge is 0.0863 e. The van der Waals surface area contributed by atoms with Crippen molar-refractivity contribution in [3.05, 3.63) is 0 Å². The Morgan fingerprint density at radius 2 is 2.25 bits per heavy atom. The molecule has 1 aliphatic rings. The lowest BCUT2D eigenvalue weighted by Gasteiger charge is -1.84. The highest BCUT2D eigenvalue weighted by Gasteiger charge is 2.35. The van der Waals surface area contributed by atoms with E-state index in [9.17, 15) is 0 Å². The van der Waals surface area contributed by atoms with Crippen LogP contribution in [0.5, 0.6) is 0 Å². The Bertz CT molecular complexity index is 72.9. The molecule has 0 saturated carbocycles. The molecule has 0 spiro atoms. The standard InChI is InChI=1S/C6H12O2/c1-2-5-6(8-5)3-4-7/h5-7H,2-4H2,1H3/t5-,6-/m0/s1. The summed E-state index contributed by atoms with van der Waals surface area (Å²) in [6.45, 7) is 2.36. The van der Waals surface area contributed by atoms with E-state index in [4.69, 9.17) is 9.84 Å². The number of aliphatic hydroxyl groups is 1. The fourth-order valence-corrected chi connectivity index (χ4v) is 0.919. The second-order valence-corrected chi connectivity index (χ2v) is 2.13. The monoisotopic (exact) mass is 116 g/mol. The summed E-state index contributed by atoms with van der Waals surface area (Å²) in [7, 11) is 0. The minimum atomic E-state index is 0.265. The van der Waals surface area contributed by atoms with Crippen LogP contribution in [-0.4, -0.2) is 23.9 Å². The average Bonchev–Trinajstić information content (AvgIpc) is 2.48. The summed E-state index contributed by atoms with van der Waals surface area (Å²) in [4.78, 5) is 0. The van der Waals surface area contributed by atoms with E-state index in [0.717, 1.165) is 12.8 Å². The Hall–Kier alpha value is -0.0800. The molecule has 1 rings (SSSR count). The van der Waals surface area contributed by atoms with Crippen LogP contribution in [0.3, 0.4) is 0 Å². The molecule has 2 heteroatoms. The van der Waals surface area contributed by atoms with Gasteiger partial charge in [-0.15, -0.1) is 0 Å². The normalized spacial score (nSPS) is 35.2. The molecule has 0 bridgehead atoms. The van der Waals surface area contributed by atoms with Crippen LogP contribution >= 0.6 is 0 Å². The first-order valence-corrected chi connectivity index (χ1v) is 3.14. The van der Waals surface area contributed by atoms with Gasteiger partial charge in [0.05, 0.1) is 12.2 Å². The number of epoxide rings is 1. The van der Waals surface area contributed by atoms with Crippen molar-refractivity contribution in [2.75, 3.05) is 6.61 Å². The topological polar surface area (TPSA) is 32.8 Å². The van der Waals surface area contributed by atoms with Gasteiger partial charge in [-0.3, -0.25) is 0 Å². The first kappa shape index (κ1) is 6.05. The zero-order valence-electron chi connectivity index (χ0n) is 5.13. The van der Waals surface area contributed by atoms with Gasteiger partial charge in [-0.1, -0.05) is 6.92 Å². The number of rotatable bonds is 3. The van der Waals surface area contributed by atoms with Gasteiger partial charge in [0, 0.05) is 6.61 Å². The Balaban J connectivity index is 1.99. The third-order valence-electron chi connectivity index (χ3n) is 1.50. The molecule has 0 amide bonds. The van der Waals surface area contributed by atoms with Crippen molar-refractivity contribution < 1.29 is 9.84 Å². The predicted octanol–water partition coefficient (Wildman–Crippen LogP) is 0.546. The van der Waals surface area contributed by atoms with Crippen LogP contribution in [0.25, 0.3) is 0 Å². The maximum Gasteiger partial charge on any atom is 0.0863 e. The lowest BCUT2D eigenvalue weighted by molar-refractivity contribution is 0.262. The van der Waals surface area contributed by atoms with Crippen LogP contribution in [0.4, 0.5) is 0 Å². The fraction of sp³-hybridized carbons (Fsp3) is 1.00. The molecule has 2 nitrogen and oxygen atoms in total. The third-order valence-corrected chi connectivity index (χ3v) is 1.50. The van der Waals surface area contributed by atoms with Crippen molar-refractivity contribution in [3.8, 4) is 0 Å². The largest absolute Gasteiger partial charge is 0.396 e. The summed E-state index contributed by atoms with van der Waals surface area (Å²) in [5.74, 6) is 0. The molecule has 0 radical (unpaired) electrons. The van der Waals surface area contributed by atoms with Gasteiger partial charge in [-0.05, 0) is 12.8 Å². The van der Waals surface area contributed by atoms with E-state index >= 15 is 0 Å². The van der Waals surface area contributed by atoms with Gasteiger partial charge in [0.2, 0.25) is 0 Å². The summed E-state index contributed by atoms with van der Waals surface area (Å²) in [5, 5.41) is 8.41. The maximum absolute atomic E-state index is 8.41. The third kappa shape index (κ3) is 1.20. The summed E-state index contributed by atoms with van der Waals surface area (Å²) >= 11 is 0. The summed E-state index contributed by atoms with van der Waals surface area (Å²) in [6.07, 6.45) is 2.75. The zero-order chi connectivity index (χ0) is 5.98. The zero-order valence-corrected chi connectivity index (χ0v) is 5.13. The molecule has 0 aromatic rings. The van der Waals surface area contributed by atoms with Crippen molar-refractivity contribution in [1.29, 1.82) is 0 Å². The number of ether oxygens (including phenoxy) is 1.